The number of halogens is 3. The van der Waals surface area contributed by atoms with Crippen molar-refractivity contribution in [3.63, 3.8) is 0 Å². The van der Waals surface area contributed by atoms with E-state index in [0.717, 1.165) is 17.8 Å². The molecule has 0 amide bonds. The van der Waals surface area contributed by atoms with Crippen LogP contribution in [0.25, 0.3) is 5.69 Å². The van der Waals surface area contributed by atoms with E-state index in [1.807, 2.05) is 18.2 Å². The van der Waals surface area contributed by atoms with E-state index >= 15 is 0 Å². The van der Waals surface area contributed by atoms with E-state index in [9.17, 15) is 13.2 Å². The van der Waals surface area contributed by atoms with Gasteiger partial charge in [0.15, 0.2) is 0 Å². The lowest BCUT2D eigenvalue weighted by Crippen LogP contribution is -2.05. The van der Waals surface area contributed by atoms with Crippen LogP contribution in [0.3, 0.4) is 0 Å². The zero-order valence-electron chi connectivity index (χ0n) is 11.3. The zero-order chi connectivity index (χ0) is 15.6. The highest BCUT2D eigenvalue weighted by atomic mass is 19.4. The van der Waals surface area contributed by atoms with Crippen LogP contribution in [-0.2, 0) is 12.6 Å². The van der Waals surface area contributed by atoms with Gasteiger partial charge >= 0.3 is 6.18 Å². The predicted octanol–water partition coefficient (Wildman–Crippen LogP) is 3.27. The highest BCUT2D eigenvalue weighted by Crippen LogP contribution is 2.29. The lowest BCUT2D eigenvalue weighted by Gasteiger charge is -2.07. The van der Waals surface area contributed by atoms with Crippen molar-refractivity contribution in [2.24, 2.45) is 0 Å². The van der Waals surface area contributed by atoms with Gasteiger partial charge in [0.05, 0.1) is 23.1 Å². The van der Waals surface area contributed by atoms with E-state index in [4.69, 9.17) is 0 Å². The lowest BCUT2D eigenvalue weighted by atomic mass is 10.2. The monoisotopic (exact) mass is 304 g/mol. The van der Waals surface area contributed by atoms with Crippen LogP contribution >= 0.6 is 0 Å². The number of hydrogen-bond donors (Lipinski definition) is 0. The average molecular weight is 304 g/mol. The minimum absolute atomic E-state index is 0.515. The van der Waals surface area contributed by atoms with Crippen LogP contribution in [-0.4, -0.2) is 20.0 Å². The van der Waals surface area contributed by atoms with Gasteiger partial charge in [0, 0.05) is 18.3 Å². The van der Waals surface area contributed by atoms with Crippen LogP contribution in [0.2, 0.25) is 0 Å². The Balaban J connectivity index is 1.79. The molecule has 0 unspecified atom stereocenters. The second kappa shape index (κ2) is 5.59. The molecule has 0 saturated carbocycles. The Bertz CT molecular complexity index is 748. The molecule has 0 fully saturated rings. The molecule has 3 aromatic rings. The molecule has 2 heterocycles. The summed E-state index contributed by atoms with van der Waals surface area (Å²) in [6.07, 6.45) is -0.459. The predicted molar refractivity (Wildman–Crippen MR) is 73.4 cm³/mol. The molecule has 4 nitrogen and oxygen atoms in total. The van der Waals surface area contributed by atoms with Crippen molar-refractivity contribution in [2.45, 2.75) is 12.6 Å². The van der Waals surface area contributed by atoms with Crippen molar-refractivity contribution >= 4 is 0 Å². The molecule has 7 heteroatoms. The summed E-state index contributed by atoms with van der Waals surface area (Å²) in [5.41, 5.74) is 1.37. The number of hydrogen-bond acceptors (Lipinski definition) is 3. The molecule has 0 aliphatic rings. The molecule has 0 aliphatic heterocycles. The van der Waals surface area contributed by atoms with E-state index in [1.165, 1.54) is 16.8 Å². The molecule has 0 aliphatic carbocycles. The van der Waals surface area contributed by atoms with Gasteiger partial charge in [-0.3, -0.25) is 4.98 Å². The standard InChI is InChI=1S/C15H11F3N4/c16-15(17,18)11-4-6-14(7-5-11)22-10-13(20-21-22)9-12-3-1-2-8-19-12/h1-8,10H,9H2. The molecule has 2 aromatic heterocycles. The molecule has 0 atom stereocenters. The van der Waals surface area contributed by atoms with E-state index in [-0.39, 0.29) is 0 Å². The van der Waals surface area contributed by atoms with Crippen LogP contribution in [0.15, 0.2) is 54.9 Å². The minimum Gasteiger partial charge on any atom is -0.261 e. The summed E-state index contributed by atoms with van der Waals surface area (Å²) in [5, 5.41) is 7.94. The maximum Gasteiger partial charge on any atom is 0.416 e. The molecule has 1 aromatic carbocycles. The third kappa shape index (κ3) is 3.13. The van der Waals surface area contributed by atoms with Gasteiger partial charge < -0.3 is 0 Å². The summed E-state index contributed by atoms with van der Waals surface area (Å²) in [7, 11) is 0. The lowest BCUT2D eigenvalue weighted by molar-refractivity contribution is -0.137. The third-order valence-corrected chi connectivity index (χ3v) is 3.09. The van der Waals surface area contributed by atoms with Crippen molar-refractivity contribution in [2.75, 3.05) is 0 Å². The Morgan fingerprint density at radius 1 is 0.955 bits per heavy atom. The van der Waals surface area contributed by atoms with Gasteiger partial charge in [-0.1, -0.05) is 11.3 Å². The Labute approximate surface area is 124 Å². The summed E-state index contributed by atoms with van der Waals surface area (Å²) >= 11 is 0. The molecular weight excluding hydrogens is 293 g/mol. The van der Waals surface area contributed by atoms with Gasteiger partial charge in [-0.25, -0.2) is 4.68 Å². The maximum atomic E-state index is 12.5. The van der Waals surface area contributed by atoms with Crippen molar-refractivity contribution in [3.8, 4) is 5.69 Å². The van der Waals surface area contributed by atoms with E-state index in [2.05, 4.69) is 15.3 Å². The third-order valence-electron chi connectivity index (χ3n) is 3.09. The Morgan fingerprint density at radius 3 is 2.36 bits per heavy atom. The highest BCUT2D eigenvalue weighted by Gasteiger charge is 2.30. The Kier molecular flexibility index (Phi) is 3.62. The molecule has 0 spiro atoms. The molecule has 3 rings (SSSR count). The summed E-state index contributed by atoms with van der Waals surface area (Å²) < 4.78 is 39.0. The van der Waals surface area contributed by atoms with Crippen molar-refractivity contribution in [1.29, 1.82) is 0 Å². The molecular formula is C15H11F3N4. The summed E-state index contributed by atoms with van der Waals surface area (Å²) in [5.74, 6) is 0. The minimum atomic E-state index is -4.34. The molecule has 0 bridgehead atoms. The van der Waals surface area contributed by atoms with Gasteiger partial charge in [0.25, 0.3) is 0 Å². The van der Waals surface area contributed by atoms with E-state index in [1.54, 1.807) is 12.4 Å². The molecule has 0 saturated heterocycles. The van der Waals surface area contributed by atoms with Gasteiger partial charge in [-0.05, 0) is 36.4 Å². The number of alkyl halides is 3. The fraction of sp³-hybridized carbons (Fsp3) is 0.133. The van der Waals surface area contributed by atoms with Crippen LogP contribution in [0.1, 0.15) is 17.0 Å². The largest absolute Gasteiger partial charge is 0.416 e. The summed E-state index contributed by atoms with van der Waals surface area (Å²) in [6.45, 7) is 0. The molecule has 22 heavy (non-hydrogen) atoms. The second-order valence-corrected chi connectivity index (χ2v) is 4.70. The van der Waals surface area contributed by atoms with Gasteiger partial charge in [-0.2, -0.15) is 13.2 Å². The quantitative estimate of drug-likeness (QED) is 0.746. The van der Waals surface area contributed by atoms with Crippen LogP contribution < -0.4 is 0 Å². The van der Waals surface area contributed by atoms with Crippen LogP contribution in [0.4, 0.5) is 13.2 Å². The molecule has 0 N–H and O–H groups in total. The fourth-order valence-corrected chi connectivity index (χ4v) is 2.00. The number of nitrogens with zero attached hydrogens (tertiary/aromatic N) is 4. The first-order chi connectivity index (χ1) is 10.5. The number of pyridine rings is 1. The first-order valence-electron chi connectivity index (χ1n) is 6.51. The summed E-state index contributed by atoms with van der Waals surface area (Å²) in [4.78, 5) is 4.19. The van der Waals surface area contributed by atoms with Gasteiger partial charge in [0.1, 0.15) is 0 Å². The Morgan fingerprint density at radius 2 is 1.73 bits per heavy atom. The SMILES string of the molecule is FC(F)(F)c1ccc(-n2cc(Cc3ccccn3)nn2)cc1. The van der Waals surface area contributed by atoms with Gasteiger partial charge in [-0.15, -0.1) is 5.10 Å². The highest BCUT2D eigenvalue weighted by molar-refractivity contribution is 5.35. The van der Waals surface area contributed by atoms with Crippen molar-refractivity contribution in [3.05, 3.63) is 71.8 Å². The van der Waals surface area contributed by atoms with Crippen LogP contribution in [0, 0.1) is 0 Å². The van der Waals surface area contributed by atoms with Crippen molar-refractivity contribution in [1.82, 2.24) is 20.0 Å². The molecule has 112 valence electrons. The Hall–Kier alpha value is -2.70. The zero-order valence-corrected chi connectivity index (χ0v) is 11.3. The second-order valence-electron chi connectivity index (χ2n) is 4.70. The first kappa shape index (κ1) is 14.2. The fourth-order valence-electron chi connectivity index (χ4n) is 2.00. The first-order valence-corrected chi connectivity index (χ1v) is 6.51. The van der Waals surface area contributed by atoms with Gasteiger partial charge in [0.2, 0.25) is 0 Å². The van der Waals surface area contributed by atoms with Crippen molar-refractivity contribution < 1.29 is 13.2 Å². The average Bonchev–Trinajstić information content (AvgIpc) is 2.96. The number of benzene rings is 1. The molecule has 0 radical (unpaired) electrons. The smallest absolute Gasteiger partial charge is 0.261 e. The normalized spacial score (nSPS) is 11.6. The topological polar surface area (TPSA) is 43.6 Å². The number of aromatic nitrogens is 4. The van der Waals surface area contributed by atoms with E-state index in [0.29, 0.717) is 17.8 Å². The van der Waals surface area contributed by atoms with Crippen LogP contribution in [0.5, 0.6) is 0 Å². The maximum absolute atomic E-state index is 12.5. The summed E-state index contributed by atoms with van der Waals surface area (Å²) in [6, 6.07) is 10.3. The number of rotatable bonds is 3. The van der Waals surface area contributed by atoms with E-state index < -0.39 is 11.7 Å².